The number of ether oxygens (including phenoxy) is 3. The maximum Gasteiger partial charge on any atom is 0.262 e. The summed E-state index contributed by atoms with van der Waals surface area (Å²) in [4.78, 5) is 33.1. The number of carbonyl (C=O) groups excluding carboxylic acids is 1. The Bertz CT molecular complexity index is 996. The lowest BCUT2D eigenvalue weighted by Crippen LogP contribution is -2.46. The first-order valence-corrected chi connectivity index (χ1v) is 10.5. The zero-order chi connectivity index (χ0) is 22.6. The van der Waals surface area contributed by atoms with Gasteiger partial charge in [0.1, 0.15) is 12.4 Å². The van der Waals surface area contributed by atoms with Crippen LogP contribution in [-0.2, 0) is 22.6 Å². The predicted octanol–water partition coefficient (Wildman–Crippen LogP) is 1.55. The van der Waals surface area contributed by atoms with E-state index in [-0.39, 0.29) is 23.6 Å². The number of fused-ring (bicyclic) bond motifs is 1. The second kappa shape index (κ2) is 9.65. The highest BCUT2D eigenvalue weighted by Gasteiger charge is 2.22. The molecule has 0 bridgehead atoms. The highest BCUT2D eigenvalue weighted by Crippen LogP contribution is 2.30. The van der Waals surface area contributed by atoms with Crippen molar-refractivity contribution in [2.24, 2.45) is 0 Å². The van der Waals surface area contributed by atoms with E-state index in [2.05, 4.69) is 10.2 Å². The number of hydrogen-bond donors (Lipinski definition) is 1. The minimum atomic E-state index is -0.355. The minimum absolute atomic E-state index is 0.0980. The smallest absolute Gasteiger partial charge is 0.262 e. The Morgan fingerprint density at radius 3 is 2.45 bits per heavy atom. The SMILES string of the molecule is CCC(C)(C)NC(=O)Cn1c(CN2CCOCC2)nc2cc(OC)c(OC)cc2c1=O. The highest BCUT2D eigenvalue weighted by atomic mass is 16.5. The van der Waals surface area contributed by atoms with Crippen LogP contribution >= 0.6 is 0 Å². The number of amides is 1. The first kappa shape index (κ1) is 23.0. The molecule has 9 nitrogen and oxygen atoms in total. The molecule has 170 valence electrons. The summed E-state index contributed by atoms with van der Waals surface area (Å²) >= 11 is 0. The van der Waals surface area contributed by atoms with Gasteiger partial charge in [-0.2, -0.15) is 0 Å². The summed E-state index contributed by atoms with van der Waals surface area (Å²) in [7, 11) is 3.06. The van der Waals surface area contributed by atoms with Gasteiger partial charge in [0, 0.05) is 24.7 Å². The van der Waals surface area contributed by atoms with Gasteiger partial charge in [-0.15, -0.1) is 0 Å². The molecule has 1 N–H and O–H groups in total. The Hall–Kier alpha value is -2.65. The van der Waals surface area contributed by atoms with Crippen LogP contribution in [0.3, 0.4) is 0 Å². The van der Waals surface area contributed by atoms with E-state index in [9.17, 15) is 9.59 Å². The molecule has 0 saturated carbocycles. The van der Waals surface area contributed by atoms with Crippen LogP contribution in [0.15, 0.2) is 16.9 Å². The van der Waals surface area contributed by atoms with E-state index in [1.54, 1.807) is 19.2 Å². The molecule has 1 aliphatic heterocycles. The molecule has 1 aromatic carbocycles. The fourth-order valence-electron chi connectivity index (χ4n) is 3.49. The van der Waals surface area contributed by atoms with Gasteiger partial charge in [-0.1, -0.05) is 6.92 Å². The standard InChI is InChI=1S/C22H32N4O5/c1-6-22(2,3)24-20(27)14-26-19(13-25-7-9-31-10-8-25)23-16-12-18(30-5)17(29-4)11-15(16)21(26)28/h11-12H,6-10,13-14H2,1-5H3,(H,24,27). The fourth-order valence-corrected chi connectivity index (χ4v) is 3.49. The average molecular weight is 433 g/mol. The van der Waals surface area contributed by atoms with Gasteiger partial charge in [0.2, 0.25) is 5.91 Å². The maximum atomic E-state index is 13.4. The largest absolute Gasteiger partial charge is 0.493 e. The zero-order valence-electron chi connectivity index (χ0n) is 19.0. The third-order valence-electron chi connectivity index (χ3n) is 5.67. The Morgan fingerprint density at radius 1 is 1.19 bits per heavy atom. The highest BCUT2D eigenvalue weighted by molar-refractivity contribution is 5.83. The first-order valence-electron chi connectivity index (χ1n) is 10.5. The molecule has 2 heterocycles. The quantitative estimate of drug-likeness (QED) is 0.676. The van der Waals surface area contributed by atoms with Gasteiger partial charge >= 0.3 is 0 Å². The summed E-state index contributed by atoms with van der Waals surface area (Å²) < 4.78 is 17.6. The molecule has 1 saturated heterocycles. The number of nitrogens with one attached hydrogen (secondary N) is 1. The molecule has 1 amide bonds. The molecule has 0 atom stereocenters. The molecule has 0 radical (unpaired) electrons. The van der Waals surface area contributed by atoms with Gasteiger partial charge in [-0.05, 0) is 26.3 Å². The van der Waals surface area contributed by atoms with Crippen molar-refractivity contribution in [3.8, 4) is 11.5 Å². The Morgan fingerprint density at radius 2 is 1.84 bits per heavy atom. The average Bonchev–Trinajstić information content (AvgIpc) is 2.76. The van der Waals surface area contributed by atoms with Crippen LogP contribution in [0, 0.1) is 0 Å². The third kappa shape index (κ3) is 5.34. The third-order valence-corrected chi connectivity index (χ3v) is 5.67. The topological polar surface area (TPSA) is 94.9 Å². The molecule has 3 rings (SSSR count). The van der Waals surface area contributed by atoms with E-state index in [0.717, 1.165) is 19.5 Å². The predicted molar refractivity (Wildman–Crippen MR) is 118 cm³/mol. The zero-order valence-corrected chi connectivity index (χ0v) is 19.0. The summed E-state index contributed by atoms with van der Waals surface area (Å²) in [5, 5.41) is 3.38. The van der Waals surface area contributed by atoms with E-state index >= 15 is 0 Å². The van der Waals surface area contributed by atoms with Crippen molar-refractivity contribution in [3.05, 3.63) is 28.3 Å². The lowest BCUT2D eigenvalue weighted by molar-refractivity contribution is -0.123. The van der Waals surface area contributed by atoms with Gasteiger partial charge < -0.3 is 19.5 Å². The van der Waals surface area contributed by atoms with Crippen molar-refractivity contribution in [1.29, 1.82) is 0 Å². The van der Waals surface area contributed by atoms with Gasteiger partial charge in [0.15, 0.2) is 11.5 Å². The number of benzene rings is 1. The summed E-state index contributed by atoms with van der Waals surface area (Å²) in [5.41, 5.74) is -0.124. The van der Waals surface area contributed by atoms with Crippen LogP contribution in [0.4, 0.5) is 0 Å². The molecule has 9 heteroatoms. The minimum Gasteiger partial charge on any atom is -0.493 e. The van der Waals surface area contributed by atoms with Gasteiger partial charge in [0.25, 0.3) is 5.56 Å². The van der Waals surface area contributed by atoms with Crippen molar-refractivity contribution >= 4 is 16.8 Å². The molecule has 1 aromatic heterocycles. The van der Waals surface area contributed by atoms with Crippen LogP contribution in [0.1, 0.15) is 33.0 Å². The number of hydrogen-bond acceptors (Lipinski definition) is 7. The number of rotatable bonds is 8. The van der Waals surface area contributed by atoms with E-state index in [4.69, 9.17) is 19.2 Å². The number of aromatic nitrogens is 2. The van der Waals surface area contributed by atoms with Crippen molar-refractivity contribution in [1.82, 2.24) is 19.8 Å². The number of morpholine rings is 1. The van der Waals surface area contributed by atoms with Crippen molar-refractivity contribution in [2.45, 2.75) is 45.8 Å². The van der Waals surface area contributed by atoms with Crippen molar-refractivity contribution < 1.29 is 19.0 Å². The fraction of sp³-hybridized carbons (Fsp3) is 0.591. The number of methoxy groups -OCH3 is 2. The molecule has 31 heavy (non-hydrogen) atoms. The summed E-state index contributed by atoms with van der Waals surface area (Å²) in [6, 6.07) is 3.31. The molecular weight excluding hydrogens is 400 g/mol. The Balaban J connectivity index is 2.06. The van der Waals surface area contributed by atoms with Crippen LogP contribution in [0.25, 0.3) is 10.9 Å². The van der Waals surface area contributed by atoms with Crippen LogP contribution in [0.5, 0.6) is 11.5 Å². The monoisotopic (exact) mass is 432 g/mol. The Labute approximate surface area is 182 Å². The van der Waals surface area contributed by atoms with E-state index < -0.39 is 0 Å². The molecule has 1 aliphatic rings. The summed E-state index contributed by atoms with van der Waals surface area (Å²) in [6.07, 6.45) is 0.779. The van der Waals surface area contributed by atoms with Crippen LogP contribution in [-0.4, -0.2) is 66.4 Å². The number of carbonyl (C=O) groups is 1. The van der Waals surface area contributed by atoms with E-state index in [0.29, 0.717) is 48.0 Å². The van der Waals surface area contributed by atoms with Gasteiger partial charge in [0.05, 0.1) is 44.9 Å². The molecular formula is C22H32N4O5. The summed E-state index contributed by atoms with van der Waals surface area (Å²) in [5.74, 6) is 1.26. The molecule has 0 spiro atoms. The lowest BCUT2D eigenvalue weighted by Gasteiger charge is -2.28. The van der Waals surface area contributed by atoms with E-state index in [1.807, 2.05) is 20.8 Å². The van der Waals surface area contributed by atoms with Crippen molar-refractivity contribution in [2.75, 3.05) is 40.5 Å². The molecule has 1 fully saturated rings. The molecule has 0 aliphatic carbocycles. The number of nitrogens with zero attached hydrogens (tertiary/aromatic N) is 3. The Kier molecular flexibility index (Phi) is 7.17. The van der Waals surface area contributed by atoms with Gasteiger partial charge in [-0.3, -0.25) is 19.1 Å². The molecule has 0 unspecified atom stereocenters. The van der Waals surface area contributed by atoms with Gasteiger partial charge in [-0.25, -0.2) is 4.98 Å². The maximum absolute atomic E-state index is 13.4. The van der Waals surface area contributed by atoms with Crippen LogP contribution < -0.4 is 20.3 Å². The van der Waals surface area contributed by atoms with E-state index in [1.165, 1.54) is 11.7 Å². The summed E-state index contributed by atoms with van der Waals surface area (Å²) in [6.45, 7) is 9.03. The van der Waals surface area contributed by atoms with Crippen LogP contribution in [0.2, 0.25) is 0 Å². The lowest BCUT2D eigenvalue weighted by atomic mass is 10.0. The van der Waals surface area contributed by atoms with Crippen molar-refractivity contribution in [3.63, 3.8) is 0 Å². The normalized spacial score (nSPS) is 15.1. The second-order valence-electron chi connectivity index (χ2n) is 8.32. The second-order valence-corrected chi connectivity index (χ2v) is 8.32. The first-order chi connectivity index (χ1) is 14.8. The molecule has 2 aromatic rings.